The SMILES string of the molecule is Cc1cc(C(=O)N(C)CCCCCN)co1. The van der Waals surface area contributed by atoms with E-state index in [1.54, 1.807) is 11.0 Å². The van der Waals surface area contributed by atoms with Gasteiger partial charge < -0.3 is 15.1 Å². The fraction of sp³-hybridized carbons (Fsp3) is 0.583. The van der Waals surface area contributed by atoms with Crippen LogP contribution in [0.5, 0.6) is 0 Å². The van der Waals surface area contributed by atoms with Crippen molar-refractivity contribution in [1.82, 2.24) is 4.90 Å². The molecular weight excluding hydrogens is 204 g/mol. The molecule has 0 radical (unpaired) electrons. The minimum absolute atomic E-state index is 0.0181. The van der Waals surface area contributed by atoms with Crippen molar-refractivity contribution in [3.63, 3.8) is 0 Å². The van der Waals surface area contributed by atoms with E-state index in [0.717, 1.165) is 38.1 Å². The second-order valence-corrected chi connectivity index (χ2v) is 4.02. The Morgan fingerprint density at radius 2 is 2.19 bits per heavy atom. The lowest BCUT2D eigenvalue weighted by atomic mass is 10.2. The summed E-state index contributed by atoms with van der Waals surface area (Å²) in [4.78, 5) is 13.6. The zero-order chi connectivity index (χ0) is 12.0. The van der Waals surface area contributed by atoms with Crippen LogP contribution >= 0.6 is 0 Å². The molecule has 4 heteroatoms. The van der Waals surface area contributed by atoms with Crippen LogP contribution in [0.3, 0.4) is 0 Å². The highest BCUT2D eigenvalue weighted by atomic mass is 16.3. The van der Waals surface area contributed by atoms with E-state index in [0.29, 0.717) is 5.56 Å². The first kappa shape index (κ1) is 12.8. The number of furan rings is 1. The molecule has 0 bridgehead atoms. The van der Waals surface area contributed by atoms with E-state index in [-0.39, 0.29) is 5.91 Å². The molecule has 0 aliphatic carbocycles. The molecule has 0 atom stereocenters. The standard InChI is InChI=1S/C12H20N2O2/c1-10-8-11(9-16-10)12(15)14(2)7-5-3-4-6-13/h8-9H,3-7,13H2,1-2H3. The van der Waals surface area contributed by atoms with Crippen LogP contribution in [-0.4, -0.2) is 30.9 Å². The van der Waals surface area contributed by atoms with Gasteiger partial charge in [-0.25, -0.2) is 0 Å². The lowest BCUT2D eigenvalue weighted by Crippen LogP contribution is -2.27. The molecule has 1 amide bonds. The van der Waals surface area contributed by atoms with Gasteiger partial charge in [0.15, 0.2) is 0 Å². The van der Waals surface area contributed by atoms with Gasteiger partial charge in [-0.3, -0.25) is 4.79 Å². The summed E-state index contributed by atoms with van der Waals surface area (Å²) >= 11 is 0. The van der Waals surface area contributed by atoms with Crippen molar-refractivity contribution in [2.45, 2.75) is 26.2 Å². The lowest BCUT2D eigenvalue weighted by Gasteiger charge is -2.15. The van der Waals surface area contributed by atoms with E-state index < -0.39 is 0 Å². The van der Waals surface area contributed by atoms with Gasteiger partial charge in [0, 0.05) is 13.6 Å². The number of carbonyl (C=O) groups is 1. The average molecular weight is 224 g/mol. The third-order valence-corrected chi connectivity index (χ3v) is 2.52. The Morgan fingerprint density at radius 3 is 2.75 bits per heavy atom. The molecule has 1 rings (SSSR count). The van der Waals surface area contributed by atoms with Gasteiger partial charge in [-0.2, -0.15) is 0 Å². The Kier molecular flexibility index (Phi) is 5.05. The predicted octanol–water partition coefficient (Wildman–Crippen LogP) is 1.79. The first-order valence-electron chi connectivity index (χ1n) is 5.66. The molecule has 0 aromatic carbocycles. The minimum Gasteiger partial charge on any atom is -0.469 e. The van der Waals surface area contributed by atoms with Gasteiger partial charge in [-0.1, -0.05) is 6.42 Å². The molecular formula is C12H20N2O2. The number of nitrogens with two attached hydrogens (primary N) is 1. The first-order chi connectivity index (χ1) is 7.65. The highest BCUT2D eigenvalue weighted by molar-refractivity contribution is 5.93. The first-order valence-corrected chi connectivity index (χ1v) is 5.66. The summed E-state index contributed by atoms with van der Waals surface area (Å²) in [6.07, 6.45) is 4.59. The fourth-order valence-corrected chi connectivity index (χ4v) is 1.55. The summed E-state index contributed by atoms with van der Waals surface area (Å²) in [5, 5.41) is 0. The van der Waals surface area contributed by atoms with Crippen molar-refractivity contribution in [3.8, 4) is 0 Å². The van der Waals surface area contributed by atoms with Crippen LogP contribution in [0.1, 0.15) is 35.4 Å². The van der Waals surface area contributed by atoms with Crippen LogP contribution in [0.2, 0.25) is 0 Å². The van der Waals surface area contributed by atoms with Crippen molar-refractivity contribution in [2.24, 2.45) is 5.73 Å². The summed E-state index contributed by atoms with van der Waals surface area (Å²) in [6, 6.07) is 1.76. The molecule has 90 valence electrons. The largest absolute Gasteiger partial charge is 0.469 e. The summed E-state index contributed by atoms with van der Waals surface area (Å²) in [5.41, 5.74) is 6.03. The molecule has 0 aliphatic heterocycles. The minimum atomic E-state index is 0.0181. The highest BCUT2D eigenvalue weighted by Crippen LogP contribution is 2.09. The van der Waals surface area contributed by atoms with E-state index >= 15 is 0 Å². The molecule has 1 aromatic rings. The van der Waals surface area contributed by atoms with Crippen LogP contribution in [-0.2, 0) is 0 Å². The van der Waals surface area contributed by atoms with Crippen molar-refractivity contribution in [1.29, 1.82) is 0 Å². The second kappa shape index (κ2) is 6.33. The zero-order valence-electron chi connectivity index (χ0n) is 10.0. The third-order valence-electron chi connectivity index (χ3n) is 2.52. The highest BCUT2D eigenvalue weighted by Gasteiger charge is 2.13. The molecule has 4 nitrogen and oxygen atoms in total. The Morgan fingerprint density at radius 1 is 1.44 bits per heavy atom. The predicted molar refractivity (Wildman–Crippen MR) is 63.3 cm³/mol. The Hall–Kier alpha value is -1.29. The number of hydrogen-bond donors (Lipinski definition) is 1. The number of amides is 1. The second-order valence-electron chi connectivity index (χ2n) is 4.02. The van der Waals surface area contributed by atoms with Gasteiger partial charge in [0.2, 0.25) is 0 Å². The number of nitrogens with zero attached hydrogens (tertiary/aromatic N) is 1. The monoisotopic (exact) mass is 224 g/mol. The van der Waals surface area contributed by atoms with Gasteiger partial charge in [0.25, 0.3) is 5.91 Å². The van der Waals surface area contributed by atoms with Crippen LogP contribution in [0, 0.1) is 6.92 Å². The number of hydrogen-bond acceptors (Lipinski definition) is 3. The van der Waals surface area contributed by atoms with E-state index in [1.165, 1.54) is 6.26 Å². The van der Waals surface area contributed by atoms with Gasteiger partial charge in [-0.05, 0) is 32.4 Å². The van der Waals surface area contributed by atoms with Gasteiger partial charge >= 0.3 is 0 Å². The topological polar surface area (TPSA) is 59.5 Å². The molecule has 0 unspecified atom stereocenters. The zero-order valence-corrected chi connectivity index (χ0v) is 10.0. The molecule has 1 aromatic heterocycles. The molecule has 16 heavy (non-hydrogen) atoms. The number of unbranched alkanes of at least 4 members (excludes halogenated alkanes) is 2. The smallest absolute Gasteiger partial charge is 0.256 e. The van der Waals surface area contributed by atoms with Crippen molar-refractivity contribution >= 4 is 5.91 Å². The fourth-order valence-electron chi connectivity index (χ4n) is 1.55. The van der Waals surface area contributed by atoms with Gasteiger partial charge in [-0.15, -0.1) is 0 Å². The number of rotatable bonds is 6. The molecule has 2 N–H and O–H groups in total. The Bertz CT molecular complexity index is 334. The molecule has 0 saturated carbocycles. The summed E-state index contributed by atoms with van der Waals surface area (Å²) < 4.78 is 5.11. The van der Waals surface area contributed by atoms with Crippen molar-refractivity contribution in [2.75, 3.05) is 20.1 Å². The summed E-state index contributed by atoms with van der Waals surface area (Å²) in [5.74, 6) is 0.782. The van der Waals surface area contributed by atoms with Crippen LogP contribution in [0.25, 0.3) is 0 Å². The van der Waals surface area contributed by atoms with Crippen LogP contribution in [0.15, 0.2) is 16.7 Å². The molecule has 0 saturated heterocycles. The quantitative estimate of drug-likeness (QED) is 0.749. The van der Waals surface area contributed by atoms with E-state index in [2.05, 4.69) is 0 Å². The third kappa shape index (κ3) is 3.70. The van der Waals surface area contributed by atoms with Crippen molar-refractivity contribution < 1.29 is 9.21 Å². The maximum atomic E-state index is 11.9. The van der Waals surface area contributed by atoms with Crippen LogP contribution in [0.4, 0.5) is 0 Å². The summed E-state index contributed by atoms with van der Waals surface area (Å²) in [6.45, 7) is 3.32. The van der Waals surface area contributed by atoms with Gasteiger partial charge in [0.05, 0.1) is 5.56 Å². The van der Waals surface area contributed by atoms with E-state index in [4.69, 9.17) is 10.2 Å². The number of aryl methyl sites for hydroxylation is 1. The molecule has 0 spiro atoms. The van der Waals surface area contributed by atoms with E-state index in [9.17, 15) is 4.79 Å². The molecule has 1 heterocycles. The van der Waals surface area contributed by atoms with Crippen molar-refractivity contribution in [3.05, 3.63) is 23.7 Å². The average Bonchev–Trinajstić information content (AvgIpc) is 2.70. The normalized spacial score (nSPS) is 10.4. The molecule has 0 aliphatic rings. The van der Waals surface area contributed by atoms with Crippen LogP contribution < -0.4 is 5.73 Å². The Balaban J connectivity index is 2.36. The Labute approximate surface area is 96.4 Å². The summed E-state index contributed by atoms with van der Waals surface area (Å²) in [7, 11) is 1.81. The number of carbonyl (C=O) groups excluding carboxylic acids is 1. The lowest BCUT2D eigenvalue weighted by molar-refractivity contribution is 0.0792. The molecule has 0 fully saturated rings. The van der Waals surface area contributed by atoms with E-state index in [1.807, 2.05) is 14.0 Å². The maximum absolute atomic E-state index is 11.9. The maximum Gasteiger partial charge on any atom is 0.256 e. The van der Waals surface area contributed by atoms with Gasteiger partial charge in [0.1, 0.15) is 12.0 Å².